The first-order chi connectivity index (χ1) is 10.1. The summed E-state index contributed by atoms with van der Waals surface area (Å²) in [7, 11) is 1.84. The fourth-order valence-electron chi connectivity index (χ4n) is 3.09. The van der Waals surface area contributed by atoms with Crippen LogP contribution in [0.25, 0.3) is 10.9 Å². The van der Waals surface area contributed by atoms with Gasteiger partial charge in [-0.25, -0.2) is 0 Å². The Bertz CT molecular complexity index is 709. The summed E-state index contributed by atoms with van der Waals surface area (Å²) >= 11 is 5.09. The lowest BCUT2D eigenvalue weighted by Gasteiger charge is -2.19. The summed E-state index contributed by atoms with van der Waals surface area (Å²) < 4.78 is 1.73. The molecule has 1 fully saturated rings. The highest BCUT2D eigenvalue weighted by Crippen LogP contribution is 2.26. The summed E-state index contributed by atoms with van der Waals surface area (Å²) in [6.07, 6.45) is 2.90. The molecule has 0 saturated heterocycles. The van der Waals surface area contributed by atoms with Crippen LogP contribution in [0.1, 0.15) is 29.8 Å². The molecule has 1 aromatic carbocycles. The Hall–Kier alpha value is -1.95. The number of amides is 1. The molecular formula is C15H18N4OS. The van der Waals surface area contributed by atoms with Crippen molar-refractivity contribution < 1.29 is 4.79 Å². The van der Waals surface area contributed by atoms with Crippen LogP contribution in [-0.2, 0) is 7.05 Å². The molecule has 3 rings (SSSR count). The third-order valence-corrected chi connectivity index (χ3v) is 4.47. The van der Waals surface area contributed by atoms with Crippen molar-refractivity contribution in [2.24, 2.45) is 18.7 Å². The van der Waals surface area contributed by atoms with Crippen molar-refractivity contribution in [2.75, 3.05) is 0 Å². The topological polar surface area (TPSA) is 72.9 Å². The van der Waals surface area contributed by atoms with Crippen LogP contribution in [0.15, 0.2) is 24.3 Å². The number of nitrogens with one attached hydrogen (secondary N) is 1. The van der Waals surface area contributed by atoms with Crippen LogP contribution in [0.4, 0.5) is 0 Å². The van der Waals surface area contributed by atoms with Gasteiger partial charge < -0.3 is 11.1 Å². The molecule has 1 amide bonds. The molecule has 1 saturated carbocycles. The molecule has 3 N–H and O–H groups in total. The number of fused-ring (bicyclic) bond motifs is 1. The van der Waals surface area contributed by atoms with E-state index in [4.69, 9.17) is 18.0 Å². The molecule has 0 aliphatic heterocycles. The fraction of sp³-hybridized carbons (Fsp3) is 0.400. The monoisotopic (exact) mass is 302 g/mol. The second kappa shape index (κ2) is 5.44. The van der Waals surface area contributed by atoms with Crippen LogP contribution in [-0.4, -0.2) is 26.7 Å². The fourth-order valence-corrected chi connectivity index (χ4v) is 3.37. The van der Waals surface area contributed by atoms with E-state index in [1.165, 1.54) is 0 Å². The maximum atomic E-state index is 12.5. The van der Waals surface area contributed by atoms with Crippen LogP contribution in [0.3, 0.4) is 0 Å². The van der Waals surface area contributed by atoms with E-state index in [0.29, 0.717) is 10.7 Å². The van der Waals surface area contributed by atoms with Gasteiger partial charge in [-0.05, 0) is 18.9 Å². The van der Waals surface area contributed by atoms with Gasteiger partial charge in [0, 0.05) is 24.4 Å². The first-order valence-electron chi connectivity index (χ1n) is 7.10. The molecule has 5 nitrogen and oxygen atoms in total. The van der Waals surface area contributed by atoms with Crippen molar-refractivity contribution in [1.29, 1.82) is 0 Å². The maximum absolute atomic E-state index is 12.5. The number of hydrogen-bond acceptors (Lipinski definition) is 3. The van der Waals surface area contributed by atoms with Gasteiger partial charge in [-0.15, -0.1) is 0 Å². The smallest absolute Gasteiger partial charge is 0.272 e. The second-order valence-electron chi connectivity index (χ2n) is 5.51. The number of hydrogen-bond donors (Lipinski definition) is 2. The largest absolute Gasteiger partial charge is 0.393 e. The normalized spacial score (nSPS) is 21.6. The predicted molar refractivity (Wildman–Crippen MR) is 86.1 cm³/mol. The van der Waals surface area contributed by atoms with Gasteiger partial charge in [0.1, 0.15) is 0 Å². The number of para-hydroxylation sites is 1. The summed E-state index contributed by atoms with van der Waals surface area (Å²) in [5.74, 6) is -0.0566. The highest BCUT2D eigenvalue weighted by molar-refractivity contribution is 7.80. The van der Waals surface area contributed by atoms with Gasteiger partial charge >= 0.3 is 0 Å². The Labute approximate surface area is 128 Å². The van der Waals surface area contributed by atoms with Crippen LogP contribution in [0, 0.1) is 5.92 Å². The Balaban J connectivity index is 1.86. The van der Waals surface area contributed by atoms with Crippen LogP contribution in [0.5, 0.6) is 0 Å². The Morgan fingerprint density at radius 1 is 1.43 bits per heavy atom. The summed E-state index contributed by atoms with van der Waals surface area (Å²) in [5, 5.41) is 8.26. The quantitative estimate of drug-likeness (QED) is 0.847. The molecule has 2 atom stereocenters. The zero-order valence-corrected chi connectivity index (χ0v) is 12.7. The number of benzene rings is 1. The van der Waals surface area contributed by atoms with E-state index in [-0.39, 0.29) is 17.9 Å². The Morgan fingerprint density at radius 3 is 2.95 bits per heavy atom. The van der Waals surface area contributed by atoms with Crippen LogP contribution in [0.2, 0.25) is 0 Å². The first kappa shape index (κ1) is 14.0. The van der Waals surface area contributed by atoms with Crippen molar-refractivity contribution in [2.45, 2.75) is 25.3 Å². The van der Waals surface area contributed by atoms with E-state index >= 15 is 0 Å². The van der Waals surface area contributed by atoms with E-state index in [1.54, 1.807) is 4.68 Å². The summed E-state index contributed by atoms with van der Waals surface area (Å²) in [5.41, 5.74) is 7.16. The van der Waals surface area contributed by atoms with Gasteiger partial charge in [-0.2, -0.15) is 5.10 Å². The van der Waals surface area contributed by atoms with Crippen molar-refractivity contribution in [3.63, 3.8) is 0 Å². The lowest BCUT2D eigenvalue weighted by atomic mass is 10.0. The van der Waals surface area contributed by atoms with Crippen molar-refractivity contribution in [3.8, 4) is 0 Å². The minimum Gasteiger partial charge on any atom is -0.393 e. The van der Waals surface area contributed by atoms with E-state index in [0.717, 1.165) is 30.2 Å². The minimum absolute atomic E-state index is 0.0239. The van der Waals surface area contributed by atoms with Gasteiger partial charge in [-0.1, -0.05) is 36.8 Å². The van der Waals surface area contributed by atoms with E-state index < -0.39 is 0 Å². The van der Waals surface area contributed by atoms with Crippen molar-refractivity contribution >= 4 is 34.0 Å². The molecule has 6 heteroatoms. The molecule has 1 aliphatic rings. The number of nitrogens with zero attached hydrogens (tertiary/aromatic N) is 2. The van der Waals surface area contributed by atoms with E-state index in [2.05, 4.69) is 10.4 Å². The van der Waals surface area contributed by atoms with Crippen LogP contribution < -0.4 is 11.1 Å². The molecule has 1 aliphatic carbocycles. The highest BCUT2D eigenvalue weighted by atomic mass is 32.1. The summed E-state index contributed by atoms with van der Waals surface area (Å²) in [6.45, 7) is 0. The number of aryl methyl sites for hydroxylation is 1. The number of carbonyl (C=O) groups is 1. The van der Waals surface area contributed by atoms with Crippen molar-refractivity contribution in [1.82, 2.24) is 15.1 Å². The molecule has 1 heterocycles. The summed E-state index contributed by atoms with van der Waals surface area (Å²) in [6, 6.07) is 7.74. The Morgan fingerprint density at radius 2 is 2.19 bits per heavy atom. The average molecular weight is 302 g/mol. The zero-order valence-electron chi connectivity index (χ0n) is 11.9. The molecular weight excluding hydrogens is 284 g/mol. The number of thiocarbonyl (C=S) groups is 1. The first-order valence-corrected chi connectivity index (χ1v) is 7.50. The number of nitrogens with two attached hydrogens (primary N) is 1. The third-order valence-electron chi connectivity index (χ3n) is 4.17. The lowest BCUT2D eigenvalue weighted by molar-refractivity contribution is 0.0929. The molecule has 2 unspecified atom stereocenters. The van der Waals surface area contributed by atoms with Gasteiger partial charge in [0.25, 0.3) is 5.91 Å². The van der Waals surface area contributed by atoms with E-state index in [1.807, 2.05) is 31.3 Å². The maximum Gasteiger partial charge on any atom is 0.272 e. The Kier molecular flexibility index (Phi) is 3.63. The van der Waals surface area contributed by atoms with Gasteiger partial charge in [0.2, 0.25) is 0 Å². The second-order valence-corrected chi connectivity index (χ2v) is 5.98. The SMILES string of the molecule is Cn1nc(C(=O)NC2CCCC2C(N)=S)c2ccccc21. The molecule has 1 aromatic heterocycles. The molecule has 21 heavy (non-hydrogen) atoms. The molecule has 0 bridgehead atoms. The highest BCUT2D eigenvalue weighted by Gasteiger charge is 2.31. The number of carbonyl (C=O) groups excluding carboxylic acids is 1. The summed E-state index contributed by atoms with van der Waals surface area (Å²) in [4.78, 5) is 13.0. The zero-order chi connectivity index (χ0) is 15.0. The molecule has 0 spiro atoms. The third kappa shape index (κ3) is 2.51. The number of aromatic nitrogens is 2. The van der Waals surface area contributed by atoms with Gasteiger partial charge in [0.05, 0.1) is 10.5 Å². The van der Waals surface area contributed by atoms with Gasteiger partial charge in [-0.3, -0.25) is 9.48 Å². The average Bonchev–Trinajstić information content (AvgIpc) is 3.04. The standard InChI is InChI=1S/C15H18N4OS/c1-19-12-8-3-2-5-10(12)13(18-19)15(20)17-11-7-4-6-9(11)14(16)21/h2-3,5,8-9,11H,4,6-7H2,1H3,(H2,16,21)(H,17,20). The van der Waals surface area contributed by atoms with E-state index in [9.17, 15) is 4.79 Å². The van der Waals surface area contributed by atoms with Gasteiger partial charge in [0.15, 0.2) is 5.69 Å². The molecule has 0 radical (unpaired) electrons. The predicted octanol–water partition coefficient (Wildman–Crippen LogP) is 1.76. The molecule has 2 aromatic rings. The number of rotatable bonds is 3. The molecule has 110 valence electrons. The van der Waals surface area contributed by atoms with Crippen LogP contribution >= 0.6 is 12.2 Å². The minimum atomic E-state index is -0.153. The lowest BCUT2D eigenvalue weighted by Crippen LogP contribution is -2.41. The van der Waals surface area contributed by atoms with Crippen molar-refractivity contribution in [3.05, 3.63) is 30.0 Å².